The van der Waals surface area contributed by atoms with Crippen molar-refractivity contribution in [2.75, 3.05) is 33.2 Å². The van der Waals surface area contributed by atoms with Crippen molar-refractivity contribution >= 4 is 40.4 Å². The summed E-state index contributed by atoms with van der Waals surface area (Å²) in [5.74, 6) is -0.00402. The Morgan fingerprint density at radius 3 is 2.59 bits per heavy atom. The van der Waals surface area contributed by atoms with E-state index in [0.717, 1.165) is 36.8 Å². The van der Waals surface area contributed by atoms with E-state index in [1.54, 1.807) is 17.5 Å². The maximum absolute atomic E-state index is 12.5. The van der Waals surface area contributed by atoms with Gasteiger partial charge in [-0.3, -0.25) is 4.79 Å². The maximum atomic E-state index is 12.5. The molecule has 1 saturated heterocycles. The van der Waals surface area contributed by atoms with Crippen molar-refractivity contribution in [2.45, 2.75) is 0 Å². The van der Waals surface area contributed by atoms with E-state index in [4.69, 9.17) is 23.2 Å². The number of nitrogens with zero attached hydrogens (tertiary/aromatic N) is 3. The van der Waals surface area contributed by atoms with Crippen LogP contribution in [0.5, 0.6) is 0 Å². The highest BCUT2D eigenvalue weighted by atomic mass is 35.5. The molecule has 22 heavy (non-hydrogen) atoms. The smallest absolute Gasteiger partial charge is 0.273 e. The summed E-state index contributed by atoms with van der Waals surface area (Å²) >= 11 is 13.4. The maximum Gasteiger partial charge on any atom is 0.273 e. The van der Waals surface area contributed by atoms with E-state index in [9.17, 15) is 4.79 Å². The Hall–Kier alpha value is -1.14. The molecule has 0 spiro atoms. The Bertz CT molecular complexity index is 696. The Labute approximate surface area is 143 Å². The summed E-state index contributed by atoms with van der Waals surface area (Å²) in [7, 11) is 2.06. The lowest BCUT2D eigenvalue weighted by atomic mass is 10.2. The molecular formula is C15H15Cl2N3OS. The first kappa shape index (κ1) is 15.7. The topological polar surface area (TPSA) is 36.4 Å². The molecule has 1 aromatic heterocycles. The second kappa shape index (κ2) is 6.54. The zero-order valence-electron chi connectivity index (χ0n) is 12.1. The third-order valence-electron chi connectivity index (χ3n) is 3.68. The average molecular weight is 356 g/mol. The lowest BCUT2D eigenvalue weighted by Crippen LogP contribution is -2.47. The van der Waals surface area contributed by atoms with Gasteiger partial charge in [-0.25, -0.2) is 4.98 Å². The molecule has 2 aromatic rings. The van der Waals surface area contributed by atoms with E-state index in [2.05, 4.69) is 16.9 Å². The number of rotatable bonds is 2. The predicted molar refractivity (Wildman–Crippen MR) is 91.0 cm³/mol. The van der Waals surface area contributed by atoms with E-state index < -0.39 is 0 Å². The van der Waals surface area contributed by atoms with Gasteiger partial charge in [0.15, 0.2) is 0 Å². The predicted octanol–water partition coefficient (Wildman–Crippen LogP) is 3.50. The van der Waals surface area contributed by atoms with Crippen LogP contribution in [-0.2, 0) is 0 Å². The fourth-order valence-corrected chi connectivity index (χ4v) is 3.39. The summed E-state index contributed by atoms with van der Waals surface area (Å²) in [6.07, 6.45) is 0. The number of aromatic nitrogens is 1. The van der Waals surface area contributed by atoms with Crippen LogP contribution in [0.4, 0.5) is 0 Å². The first-order valence-corrected chi connectivity index (χ1v) is 8.57. The minimum atomic E-state index is -0.00402. The first-order valence-electron chi connectivity index (χ1n) is 6.93. The molecule has 1 aromatic carbocycles. The average Bonchev–Trinajstić information content (AvgIpc) is 3.00. The second-order valence-electron chi connectivity index (χ2n) is 5.26. The van der Waals surface area contributed by atoms with E-state index >= 15 is 0 Å². The van der Waals surface area contributed by atoms with Gasteiger partial charge in [0, 0.05) is 37.1 Å². The molecule has 0 atom stereocenters. The minimum Gasteiger partial charge on any atom is -0.335 e. The summed E-state index contributed by atoms with van der Waals surface area (Å²) < 4.78 is 0. The lowest BCUT2D eigenvalue weighted by Gasteiger charge is -2.31. The van der Waals surface area contributed by atoms with Crippen LogP contribution < -0.4 is 0 Å². The molecule has 1 aliphatic rings. The molecule has 0 saturated carbocycles. The van der Waals surface area contributed by atoms with Crippen LogP contribution in [0.25, 0.3) is 10.6 Å². The largest absolute Gasteiger partial charge is 0.335 e. The fourth-order valence-electron chi connectivity index (χ4n) is 2.31. The Morgan fingerprint density at radius 2 is 1.91 bits per heavy atom. The highest BCUT2D eigenvalue weighted by Gasteiger charge is 2.22. The van der Waals surface area contributed by atoms with Gasteiger partial charge in [-0.15, -0.1) is 11.3 Å². The van der Waals surface area contributed by atoms with Gasteiger partial charge in [-0.2, -0.15) is 0 Å². The molecule has 0 bridgehead atoms. The van der Waals surface area contributed by atoms with Crippen molar-refractivity contribution in [3.8, 4) is 10.6 Å². The molecule has 1 fully saturated rings. The van der Waals surface area contributed by atoms with Gasteiger partial charge in [0.1, 0.15) is 10.7 Å². The molecule has 3 rings (SSSR count). The van der Waals surface area contributed by atoms with Gasteiger partial charge in [0.05, 0.1) is 10.0 Å². The number of hydrogen-bond acceptors (Lipinski definition) is 4. The molecule has 2 heterocycles. The number of carbonyl (C=O) groups is 1. The highest BCUT2D eigenvalue weighted by molar-refractivity contribution is 7.13. The van der Waals surface area contributed by atoms with Crippen molar-refractivity contribution < 1.29 is 4.79 Å². The third kappa shape index (κ3) is 3.27. The first-order chi connectivity index (χ1) is 10.5. The summed E-state index contributed by atoms with van der Waals surface area (Å²) in [6, 6.07) is 5.37. The Morgan fingerprint density at radius 1 is 1.18 bits per heavy atom. The molecule has 116 valence electrons. The summed E-state index contributed by atoms with van der Waals surface area (Å²) in [5, 5.41) is 3.58. The van der Waals surface area contributed by atoms with Gasteiger partial charge < -0.3 is 9.80 Å². The minimum absolute atomic E-state index is 0.00402. The van der Waals surface area contributed by atoms with Crippen LogP contribution >= 0.6 is 34.5 Å². The number of amides is 1. The van der Waals surface area contributed by atoms with E-state index in [0.29, 0.717) is 15.7 Å². The van der Waals surface area contributed by atoms with E-state index in [-0.39, 0.29) is 5.91 Å². The van der Waals surface area contributed by atoms with Crippen molar-refractivity contribution in [3.63, 3.8) is 0 Å². The summed E-state index contributed by atoms with van der Waals surface area (Å²) in [6.45, 7) is 3.29. The van der Waals surface area contributed by atoms with Gasteiger partial charge in [-0.1, -0.05) is 29.3 Å². The molecule has 0 N–H and O–H groups in total. The molecule has 4 nitrogen and oxygen atoms in total. The monoisotopic (exact) mass is 355 g/mol. The molecule has 0 aliphatic carbocycles. The van der Waals surface area contributed by atoms with Crippen LogP contribution in [0, 0.1) is 0 Å². The second-order valence-corrected chi connectivity index (χ2v) is 6.93. The number of piperazine rings is 1. The summed E-state index contributed by atoms with van der Waals surface area (Å²) in [4.78, 5) is 21.0. The van der Waals surface area contributed by atoms with Crippen molar-refractivity contribution in [2.24, 2.45) is 0 Å². The lowest BCUT2D eigenvalue weighted by molar-refractivity contribution is 0.0659. The van der Waals surface area contributed by atoms with Crippen LogP contribution in [0.15, 0.2) is 23.6 Å². The third-order valence-corrected chi connectivity index (χ3v) is 5.31. The van der Waals surface area contributed by atoms with Gasteiger partial charge in [0.25, 0.3) is 5.91 Å². The zero-order valence-corrected chi connectivity index (χ0v) is 14.4. The number of halogens is 2. The number of carbonyl (C=O) groups excluding carboxylic acids is 1. The van der Waals surface area contributed by atoms with E-state index in [1.165, 1.54) is 11.3 Å². The molecule has 1 amide bonds. The number of thiazole rings is 1. The normalized spacial score (nSPS) is 16.0. The molecule has 7 heteroatoms. The van der Waals surface area contributed by atoms with Crippen LogP contribution in [-0.4, -0.2) is 53.9 Å². The van der Waals surface area contributed by atoms with Crippen LogP contribution in [0.2, 0.25) is 10.0 Å². The molecule has 1 aliphatic heterocycles. The molecule has 0 radical (unpaired) electrons. The SMILES string of the molecule is CN1CCN(C(=O)c2csc(-c3ccc(Cl)c(Cl)c3)n2)CC1. The number of hydrogen-bond donors (Lipinski definition) is 0. The number of benzene rings is 1. The Balaban J connectivity index is 1.78. The van der Waals surface area contributed by atoms with Crippen LogP contribution in [0.1, 0.15) is 10.5 Å². The van der Waals surface area contributed by atoms with Gasteiger partial charge in [0.2, 0.25) is 0 Å². The quantitative estimate of drug-likeness (QED) is 0.826. The number of likely N-dealkylation sites (N-methyl/N-ethyl adjacent to an activating group) is 1. The van der Waals surface area contributed by atoms with Gasteiger partial charge >= 0.3 is 0 Å². The van der Waals surface area contributed by atoms with Crippen molar-refractivity contribution in [3.05, 3.63) is 39.3 Å². The standard InChI is InChI=1S/C15H15Cl2N3OS/c1-19-4-6-20(7-5-19)15(21)13-9-22-14(18-13)10-2-3-11(16)12(17)8-10/h2-3,8-9H,4-7H2,1H3. The Kier molecular flexibility index (Phi) is 4.68. The fraction of sp³-hybridized carbons (Fsp3) is 0.333. The summed E-state index contributed by atoms with van der Waals surface area (Å²) in [5.41, 5.74) is 1.37. The zero-order chi connectivity index (χ0) is 15.7. The van der Waals surface area contributed by atoms with Gasteiger partial charge in [-0.05, 0) is 19.2 Å². The molecule has 0 unspecified atom stereocenters. The van der Waals surface area contributed by atoms with Crippen LogP contribution in [0.3, 0.4) is 0 Å². The van der Waals surface area contributed by atoms with Crippen molar-refractivity contribution in [1.29, 1.82) is 0 Å². The molecular weight excluding hydrogens is 341 g/mol. The highest BCUT2D eigenvalue weighted by Crippen LogP contribution is 2.30. The van der Waals surface area contributed by atoms with Crippen molar-refractivity contribution in [1.82, 2.24) is 14.8 Å². The van der Waals surface area contributed by atoms with E-state index in [1.807, 2.05) is 11.0 Å².